The maximum Gasteiger partial charge on any atom is 0.303 e. The fourth-order valence-electron chi connectivity index (χ4n) is 4.35. The molecule has 0 bridgehead atoms. The molecule has 1 fully saturated rings. The van der Waals surface area contributed by atoms with Crippen molar-refractivity contribution in [2.75, 3.05) is 46.4 Å². The van der Waals surface area contributed by atoms with Gasteiger partial charge in [0.2, 0.25) is 11.8 Å². The van der Waals surface area contributed by atoms with E-state index in [-0.39, 0.29) is 24.3 Å². The van der Waals surface area contributed by atoms with Crippen LogP contribution < -0.4 is 5.32 Å². The summed E-state index contributed by atoms with van der Waals surface area (Å²) in [5, 5.41) is 11.9. The van der Waals surface area contributed by atoms with Gasteiger partial charge in [0.1, 0.15) is 0 Å². The maximum absolute atomic E-state index is 13.5. The number of aliphatic carboxylic acids is 1. The second-order valence-electron chi connectivity index (χ2n) is 12.1. The van der Waals surface area contributed by atoms with Gasteiger partial charge in [0.25, 0.3) is 0 Å². The molecule has 1 aliphatic heterocycles. The molecule has 1 saturated heterocycles. The van der Waals surface area contributed by atoms with Crippen molar-refractivity contribution >= 4 is 17.8 Å². The lowest BCUT2D eigenvalue weighted by molar-refractivity contribution is -0.147. The molecular formula is C28H53N3O6. The number of carboxylic acid groups (broad SMARTS) is 1. The van der Waals surface area contributed by atoms with Crippen LogP contribution >= 0.6 is 0 Å². The van der Waals surface area contributed by atoms with E-state index in [1.54, 1.807) is 0 Å². The summed E-state index contributed by atoms with van der Waals surface area (Å²) in [7, 11) is 1.85. The van der Waals surface area contributed by atoms with Gasteiger partial charge in [-0.05, 0) is 66.8 Å². The Kier molecular flexibility index (Phi) is 13.5. The highest BCUT2D eigenvalue weighted by Crippen LogP contribution is 2.28. The van der Waals surface area contributed by atoms with Gasteiger partial charge in [-0.15, -0.1) is 0 Å². The van der Waals surface area contributed by atoms with Crippen LogP contribution in [0.25, 0.3) is 0 Å². The Morgan fingerprint density at radius 3 is 2.05 bits per heavy atom. The molecule has 9 heteroatoms. The summed E-state index contributed by atoms with van der Waals surface area (Å²) < 4.78 is 12.2. The highest BCUT2D eigenvalue weighted by molar-refractivity contribution is 5.82. The lowest BCUT2D eigenvalue weighted by Gasteiger charge is -2.42. The van der Waals surface area contributed by atoms with E-state index in [4.69, 9.17) is 14.6 Å². The van der Waals surface area contributed by atoms with Gasteiger partial charge in [-0.25, -0.2) is 0 Å². The van der Waals surface area contributed by atoms with Gasteiger partial charge in [0.15, 0.2) is 0 Å². The van der Waals surface area contributed by atoms with Crippen LogP contribution in [-0.2, 0) is 23.9 Å². The van der Waals surface area contributed by atoms with Crippen LogP contribution in [0.5, 0.6) is 0 Å². The molecule has 0 saturated carbocycles. The predicted molar refractivity (Wildman–Crippen MR) is 145 cm³/mol. The van der Waals surface area contributed by atoms with Gasteiger partial charge >= 0.3 is 5.97 Å². The van der Waals surface area contributed by atoms with E-state index in [0.29, 0.717) is 58.7 Å². The average molecular weight is 528 g/mol. The first-order chi connectivity index (χ1) is 17.1. The van der Waals surface area contributed by atoms with Crippen LogP contribution in [0.1, 0.15) is 93.4 Å². The fraction of sp³-hybridized carbons (Fsp3) is 0.893. The monoisotopic (exact) mass is 527 g/mol. The zero-order valence-electron chi connectivity index (χ0n) is 24.7. The van der Waals surface area contributed by atoms with Crippen molar-refractivity contribution in [1.29, 1.82) is 0 Å². The van der Waals surface area contributed by atoms with Gasteiger partial charge in [0.05, 0.1) is 24.4 Å². The topological polar surface area (TPSA) is 108 Å². The highest BCUT2D eigenvalue weighted by atomic mass is 16.5. The number of nitrogens with zero attached hydrogens (tertiary/aromatic N) is 2. The minimum absolute atomic E-state index is 0.0773. The molecule has 0 spiro atoms. The summed E-state index contributed by atoms with van der Waals surface area (Å²) >= 11 is 0. The zero-order chi connectivity index (χ0) is 28.3. The quantitative estimate of drug-likeness (QED) is 0.297. The summed E-state index contributed by atoms with van der Waals surface area (Å²) in [5.74, 6) is -0.519. The van der Waals surface area contributed by atoms with Gasteiger partial charge in [-0.2, -0.15) is 0 Å². The van der Waals surface area contributed by atoms with Crippen molar-refractivity contribution in [2.24, 2.45) is 5.41 Å². The third-order valence-electron chi connectivity index (χ3n) is 7.53. The normalized spacial score (nSPS) is 15.6. The number of nitrogens with one attached hydrogen (secondary N) is 1. The molecule has 2 amide bonds. The van der Waals surface area contributed by atoms with Crippen LogP contribution in [0.15, 0.2) is 0 Å². The van der Waals surface area contributed by atoms with Crippen LogP contribution in [0.3, 0.4) is 0 Å². The predicted octanol–water partition coefficient (Wildman–Crippen LogP) is 3.70. The average Bonchev–Trinajstić information content (AvgIpc) is 2.83. The first kappa shape index (κ1) is 33.3. The van der Waals surface area contributed by atoms with Crippen molar-refractivity contribution in [3.63, 3.8) is 0 Å². The van der Waals surface area contributed by atoms with E-state index in [1.807, 2.05) is 65.3 Å². The Morgan fingerprint density at radius 1 is 0.946 bits per heavy atom. The van der Waals surface area contributed by atoms with Crippen LogP contribution in [-0.4, -0.2) is 96.4 Å². The first-order valence-electron chi connectivity index (χ1n) is 13.9. The van der Waals surface area contributed by atoms with E-state index in [0.717, 1.165) is 19.3 Å². The van der Waals surface area contributed by atoms with Crippen molar-refractivity contribution < 1.29 is 29.0 Å². The van der Waals surface area contributed by atoms with E-state index in [2.05, 4.69) is 5.32 Å². The van der Waals surface area contributed by atoms with Crippen LogP contribution in [0, 0.1) is 5.41 Å². The van der Waals surface area contributed by atoms with E-state index < -0.39 is 22.6 Å². The number of carbonyl (C=O) groups excluding carboxylic acids is 2. The number of carbonyl (C=O) groups is 3. The second-order valence-corrected chi connectivity index (χ2v) is 12.1. The Balaban J connectivity index is 2.68. The number of carboxylic acids is 1. The molecule has 0 aromatic rings. The molecule has 9 nitrogen and oxygen atoms in total. The Bertz CT molecular complexity index is 729. The Hall–Kier alpha value is -1.71. The minimum Gasteiger partial charge on any atom is -0.481 e. The molecule has 2 N–H and O–H groups in total. The summed E-state index contributed by atoms with van der Waals surface area (Å²) in [4.78, 5) is 40.7. The number of rotatable bonds is 17. The van der Waals surface area contributed by atoms with E-state index in [9.17, 15) is 14.4 Å². The molecule has 1 heterocycles. The molecule has 216 valence electrons. The number of hydrogen-bond acceptors (Lipinski definition) is 6. The van der Waals surface area contributed by atoms with Gasteiger partial charge in [-0.3, -0.25) is 14.4 Å². The summed E-state index contributed by atoms with van der Waals surface area (Å²) in [6.07, 6.45) is 3.99. The molecule has 37 heavy (non-hydrogen) atoms. The van der Waals surface area contributed by atoms with Crippen molar-refractivity contribution in [3.8, 4) is 0 Å². The van der Waals surface area contributed by atoms with Crippen molar-refractivity contribution in [1.82, 2.24) is 15.1 Å². The number of amides is 2. The summed E-state index contributed by atoms with van der Waals surface area (Å²) in [6.45, 7) is 17.3. The third kappa shape index (κ3) is 12.1. The van der Waals surface area contributed by atoms with Gasteiger partial charge in [-0.1, -0.05) is 20.8 Å². The Labute approximate surface area is 224 Å². The largest absolute Gasteiger partial charge is 0.481 e. The van der Waals surface area contributed by atoms with Crippen molar-refractivity contribution in [3.05, 3.63) is 0 Å². The molecule has 1 aliphatic rings. The highest BCUT2D eigenvalue weighted by Gasteiger charge is 2.36. The number of ether oxygens (including phenoxy) is 2. The molecule has 0 aromatic heterocycles. The van der Waals surface area contributed by atoms with Crippen molar-refractivity contribution in [2.45, 2.75) is 111 Å². The Morgan fingerprint density at radius 2 is 1.51 bits per heavy atom. The maximum atomic E-state index is 13.5. The molecule has 0 atom stereocenters. The van der Waals surface area contributed by atoms with E-state index in [1.165, 1.54) is 0 Å². The lowest BCUT2D eigenvalue weighted by Crippen LogP contribution is -2.53. The van der Waals surface area contributed by atoms with Gasteiger partial charge in [0, 0.05) is 50.5 Å². The van der Waals surface area contributed by atoms with Crippen LogP contribution in [0.4, 0.5) is 0 Å². The number of piperidine rings is 1. The minimum atomic E-state index is -0.822. The zero-order valence-corrected chi connectivity index (χ0v) is 24.7. The fourth-order valence-corrected chi connectivity index (χ4v) is 4.35. The lowest BCUT2D eigenvalue weighted by atomic mass is 9.87. The molecule has 0 aliphatic carbocycles. The molecule has 0 aromatic carbocycles. The van der Waals surface area contributed by atoms with Gasteiger partial charge < -0.3 is 29.7 Å². The standard InChI is InChI=1S/C28H53N3O6/c1-9-26(2,3)25(35)31(22-12-17-30(18-13-22)23(32)11-16-29-8)19-21-37-28(6,7)15-20-36-27(4,5)14-10-24(33)34/h22,29H,9-21H2,1-8H3,(H,33,34). The van der Waals surface area contributed by atoms with E-state index >= 15 is 0 Å². The summed E-state index contributed by atoms with van der Waals surface area (Å²) in [5.41, 5.74) is -1.40. The molecule has 0 unspecified atom stereocenters. The first-order valence-corrected chi connectivity index (χ1v) is 13.9. The molecule has 0 radical (unpaired) electrons. The number of likely N-dealkylation sites (tertiary alicyclic amines) is 1. The summed E-state index contributed by atoms with van der Waals surface area (Å²) in [6, 6.07) is 0.0942. The SMILES string of the molecule is CCC(C)(C)C(=O)N(CCOC(C)(C)CCOC(C)(C)CCC(=O)O)C1CCN(C(=O)CCNC)CC1. The third-order valence-corrected chi connectivity index (χ3v) is 7.53. The second kappa shape index (κ2) is 15.0. The van der Waals surface area contributed by atoms with Crippen LogP contribution in [0.2, 0.25) is 0 Å². The molecular weight excluding hydrogens is 474 g/mol. The smallest absolute Gasteiger partial charge is 0.303 e. The number of hydrogen-bond donors (Lipinski definition) is 2. The molecule has 1 rings (SSSR count).